The van der Waals surface area contributed by atoms with Crippen molar-refractivity contribution in [1.82, 2.24) is 30.2 Å². The Morgan fingerprint density at radius 2 is 2.03 bits per heavy atom. The Kier molecular flexibility index (Phi) is 5.78. The minimum Gasteiger partial charge on any atom is -0.352 e. The fraction of sp³-hybridized carbons (Fsp3) is 0.286. The van der Waals surface area contributed by atoms with E-state index in [0.29, 0.717) is 31.5 Å². The summed E-state index contributed by atoms with van der Waals surface area (Å²) in [6.45, 7) is 0.900. The van der Waals surface area contributed by atoms with E-state index in [1.807, 2.05) is 12.1 Å². The van der Waals surface area contributed by atoms with Crippen molar-refractivity contribution >= 4 is 11.8 Å². The molecule has 0 bridgehead atoms. The zero-order valence-electron chi connectivity index (χ0n) is 16.2. The lowest BCUT2D eigenvalue weighted by molar-refractivity contribution is -0.119. The summed E-state index contributed by atoms with van der Waals surface area (Å²) in [5, 5.41) is 10.9. The Balaban J connectivity index is 1.51. The van der Waals surface area contributed by atoms with Gasteiger partial charge in [0.2, 0.25) is 5.91 Å². The highest BCUT2D eigenvalue weighted by Gasteiger charge is 2.27. The molecule has 3 heterocycles. The molecule has 8 nitrogen and oxygen atoms in total. The van der Waals surface area contributed by atoms with E-state index in [9.17, 15) is 14.0 Å². The van der Waals surface area contributed by atoms with Gasteiger partial charge in [-0.25, -0.2) is 9.07 Å². The number of hydrogen-bond donors (Lipinski definition) is 1. The number of rotatable bonds is 7. The summed E-state index contributed by atoms with van der Waals surface area (Å²) in [4.78, 5) is 30.4. The average molecular weight is 408 g/mol. The van der Waals surface area contributed by atoms with E-state index in [2.05, 4.69) is 20.6 Å². The molecule has 1 fully saturated rings. The second-order valence-electron chi connectivity index (χ2n) is 7.24. The summed E-state index contributed by atoms with van der Waals surface area (Å²) in [7, 11) is 0. The molecule has 1 aliphatic heterocycles. The maximum atomic E-state index is 13.9. The normalized spacial score (nSPS) is 15.8. The van der Waals surface area contributed by atoms with Crippen LogP contribution in [0.25, 0.3) is 0 Å². The van der Waals surface area contributed by atoms with Gasteiger partial charge in [0.25, 0.3) is 5.91 Å². The number of benzene rings is 1. The predicted octanol–water partition coefficient (Wildman–Crippen LogP) is 1.78. The van der Waals surface area contributed by atoms with Gasteiger partial charge in [-0.15, -0.1) is 5.10 Å². The van der Waals surface area contributed by atoms with Gasteiger partial charge in [-0.1, -0.05) is 23.4 Å². The summed E-state index contributed by atoms with van der Waals surface area (Å²) >= 11 is 0. The van der Waals surface area contributed by atoms with E-state index in [-0.39, 0.29) is 35.9 Å². The molecule has 0 aliphatic carbocycles. The summed E-state index contributed by atoms with van der Waals surface area (Å²) in [6, 6.07) is 9.98. The molecule has 154 valence electrons. The van der Waals surface area contributed by atoms with Gasteiger partial charge < -0.3 is 10.2 Å². The maximum absolute atomic E-state index is 13.9. The monoisotopic (exact) mass is 408 g/mol. The number of aromatic nitrogens is 4. The Bertz CT molecular complexity index is 1040. The molecule has 1 saturated heterocycles. The van der Waals surface area contributed by atoms with Crippen LogP contribution in [0, 0.1) is 5.82 Å². The molecule has 0 unspecified atom stereocenters. The molecule has 1 atom stereocenters. The number of nitrogens with one attached hydrogen (secondary N) is 1. The van der Waals surface area contributed by atoms with Crippen molar-refractivity contribution in [3.05, 3.63) is 77.6 Å². The molecule has 3 aromatic rings. The number of hydrogen-bond acceptors (Lipinski definition) is 5. The van der Waals surface area contributed by atoms with E-state index < -0.39 is 0 Å². The van der Waals surface area contributed by atoms with Gasteiger partial charge >= 0.3 is 0 Å². The number of carbonyl (C=O) groups is 2. The van der Waals surface area contributed by atoms with Crippen molar-refractivity contribution in [2.75, 3.05) is 6.54 Å². The quantitative estimate of drug-likeness (QED) is 0.643. The van der Waals surface area contributed by atoms with Crippen LogP contribution in [0.15, 0.2) is 55.0 Å². The van der Waals surface area contributed by atoms with Crippen LogP contribution in [0.3, 0.4) is 0 Å². The highest BCUT2D eigenvalue weighted by Crippen LogP contribution is 2.14. The lowest BCUT2D eigenvalue weighted by Gasteiger charge is -2.25. The van der Waals surface area contributed by atoms with Crippen LogP contribution < -0.4 is 5.32 Å². The Morgan fingerprint density at radius 1 is 1.23 bits per heavy atom. The lowest BCUT2D eigenvalue weighted by Crippen LogP contribution is -2.41. The van der Waals surface area contributed by atoms with Crippen LogP contribution in [0.2, 0.25) is 0 Å². The molecule has 0 spiro atoms. The third-order valence-corrected chi connectivity index (χ3v) is 4.98. The SMILES string of the molecule is O=C1CC[C@@H](CN(Cc2ccncc2)C(=O)c2cn(Cc3ccccc3F)nn2)N1. The van der Waals surface area contributed by atoms with E-state index in [1.54, 1.807) is 35.5 Å². The van der Waals surface area contributed by atoms with Gasteiger partial charge in [-0.05, 0) is 30.2 Å². The van der Waals surface area contributed by atoms with Gasteiger partial charge in [0.15, 0.2) is 5.69 Å². The van der Waals surface area contributed by atoms with Gasteiger partial charge in [0.1, 0.15) is 5.82 Å². The Morgan fingerprint density at radius 3 is 2.77 bits per heavy atom. The van der Waals surface area contributed by atoms with Crippen molar-refractivity contribution in [3.63, 3.8) is 0 Å². The minimum absolute atomic E-state index is 0.00728. The molecule has 30 heavy (non-hydrogen) atoms. The van der Waals surface area contributed by atoms with Crippen LogP contribution in [0.1, 0.15) is 34.5 Å². The van der Waals surface area contributed by atoms with Crippen molar-refractivity contribution in [2.45, 2.75) is 32.0 Å². The predicted molar refractivity (Wildman–Crippen MR) is 106 cm³/mol. The van der Waals surface area contributed by atoms with Crippen molar-refractivity contribution in [1.29, 1.82) is 0 Å². The second kappa shape index (κ2) is 8.81. The van der Waals surface area contributed by atoms with Crippen LogP contribution in [0.5, 0.6) is 0 Å². The van der Waals surface area contributed by atoms with Crippen LogP contribution in [-0.2, 0) is 17.9 Å². The largest absolute Gasteiger partial charge is 0.352 e. The Labute approximate surface area is 172 Å². The second-order valence-corrected chi connectivity index (χ2v) is 7.24. The molecular weight excluding hydrogens is 387 g/mol. The first-order valence-corrected chi connectivity index (χ1v) is 9.69. The minimum atomic E-state index is -0.336. The summed E-state index contributed by atoms with van der Waals surface area (Å²) < 4.78 is 15.3. The number of amides is 2. The zero-order valence-corrected chi connectivity index (χ0v) is 16.2. The molecule has 2 amide bonds. The lowest BCUT2D eigenvalue weighted by atomic mass is 10.2. The zero-order chi connectivity index (χ0) is 20.9. The fourth-order valence-corrected chi connectivity index (χ4v) is 3.44. The molecule has 1 aromatic carbocycles. The molecular formula is C21H21FN6O2. The smallest absolute Gasteiger partial charge is 0.276 e. The first-order valence-electron chi connectivity index (χ1n) is 9.69. The van der Waals surface area contributed by atoms with E-state index in [1.165, 1.54) is 16.9 Å². The van der Waals surface area contributed by atoms with Crippen LogP contribution >= 0.6 is 0 Å². The van der Waals surface area contributed by atoms with Gasteiger partial charge in [-0.3, -0.25) is 14.6 Å². The van der Waals surface area contributed by atoms with Crippen molar-refractivity contribution < 1.29 is 14.0 Å². The number of carbonyl (C=O) groups excluding carboxylic acids is 2. The summed E-state index contributed by atoms with van der Waals surface area (Å²) in [5.41, 5.74) is 1.55. The summed E-state index contributed by atoms with van der Waals surface area (Å²) in [5.74, 6) is -0.642. The highest BCUT2D eigenvalue weighted by molar-refractivity contribution is 5.92. The molecule has 0 radical (unpaired) electrons. The van der Waals surface area contributed by atoms with E-state index in [4.69, 9.17) is 0 Å². The first kappa shape index (κ1) is 19.7. The Hall–Kier alpha value is -3.62. The molecule has 1 N–H and O–H groups in total. The van der Waals surface area contributed by atoms with Crippen LogP contribution in [-0.4, -0.2) is 49.3 Å². The van der Waals surface area contributed by atoms with E-state index in [0.717, 1.165) is 5.56 Å². The number of nitrogens with zero attached hydrogens (tertiary/aromatic N) is 5. The standard InChI is InChI=1S/C21H21FN6O2/c22-18-4-2-1-3-16(18)12-28-14-19(25-26-28)21(30)27(11-15-7-9-23-10-8-15)13-17-5-6-20(29)24-17/h1-4,7-10,14,17H,5-6,11-13H2,(H,24,29)/t17-/m0/s1. The topological polar surface area (TPSA) is 93.0 Å². The fourth-order valence-electron chi connectivity index (χ4n) is 3.44. The molecule has 1 aliphatic rings. The van der Waals surface area contributed by atoms with Crippen LogP contribution in [0.4, 0.5) is 4.39 Å². The number of halogens is 1. The van der Waals surface area contributed by atoms with Crippen molar-refractivity contribution in [2.24, 2.45) is 0 Å². The average Bonchev–Trinajstić information content (AvgIpc) is 3.38. The third-order valence-electron chi connectivity index (χ3n) is 4.98. The molecule has 0 saturated carbocycles. The molecule has 4 rings (SSSR count). The number of pyridine rings is 1. The third kappa shape index (κ3) is 4.68. The van der Waals surface area contributed by atoms with Crippen molar-refractivity contribution in [3.8, 4) is 0 Å². The maximum Gasteiger partial charge on any atom is 0.276 e. The van der Waals surface area contributed by atoms with Gasteiger partial charge in [0.05, 0.1) is 12.7 Å². The molecule has 2 aromatic heterocycles. The summed E-state index contributed by atoms with van der Waals surface area (Å²) in [6.07, 6.45) is 5.99. The highest BCUT2D eigenvalue weighted by atomic mass is 19.1. The first-order chi connectivity index (χ1) is 14.6. The van der Waals surface area contributed by atoms with E-state index >= 15 is 0 Å². The van der Waals surface area contributed by atoms with Gasteiger partial charge in [-0.2, -0.15) is 0 Å². The van der Waals surface area contributed by atoms with Gasteiger partial charge in [0, 0.05) is 43.5 Å². The molecule has 9 heteroatoms.